The van der Waals surface area contributed by atoms with Crippen LogP contribution in [0.5, 0.6) is 0 Å². The van der Waals surface area contributed by atoms with Crippen LogP contribution < -0.4 is 5.32 Å². The van der Waals surface area contributed by atoms with Crippen LogP contribution in [0.1, 0.15) is 36.2 Å². The molecule has 6 heteroatoms. The van der Waals surface area contributed by atoms with Crippen molar-refractivity contribution in [1.82, 2.24) is 4.90 Å². The van der Waals surface area contributed by atoms with Gasteiger partial charge in [-0.2, -0.15) is 13.2 Å². The number of amides is 1. The standard InChI is InChI=1S/C14H15F3N2O/c1-13(2)5-6-19-11(20)9-7-8(14(15,16)17)3-4-10(9)18-12(13)19/h3-4,7,12,18H,5-6H2,1-2H3. The number of rotatable bonds is 0. The van der Waals surface area contributed by atoms with Gasteiger partial charge in [-0.25, -0.2) is 0 Å². The molecule has 1 saturated heterocycles. The lowest BCUT2D eigenvalue weighted by atomic mass is 9.88. The van der Waals surface area contributed by atoms with Gasteiger partial charge in [-0.15, -0.1) is 0 Å². The molecule has 0 aliphatic carbocycles. The molecule has 0 bridgehead atoms. The number of nitrogens with zero attached hydrogens (tertiary/aromatic N) is 1. The van der Waals surface area contributed by atoms with E-state index < -0.39 is 11.7 Å². The number of benzene rings is 1. The molecule has 3 nitrogen and oxygen atoms in total. The molecule has 0 saturated carbocycles. The van der Waals surface area contributed by atoms with Crippen LogP contribution in [0.25, 0.3) is 0 Å². The molecule has 1 fully saturated rings. The van der Waals surface area contributed by atoms with Crippen molar-refractivity contribution in [2.45, 2.75) is 32.6 Å². The molecule has 2 aliphatic heterocycles. The summed E-state index contributed by atoms with van der Waals surface area (Å²) in [6, 6.07) is 3.30. The number of alkyl halides is 3. The highest BCUT2D eigenvalue weighted by Crippen LogP contribution is 2.42. The second-order valence-electron chi connectivity index (χ2n) is 6.04. The molecule has 0 aromatic heterocycles. The molecule has 1 aromatic carbocycles. The van der Waals surface area contributed by atoms with Crippen molar-refractivity contribution in [1.29, 1.82) is 0 Å². The second-order valence-corrected chi connectivity index (χ2v) is 6.04. The smallest absolute Gasteiger partial charge is 0.364 e. The molecule has 3 rings (SSSR count). The Morgan fingerprint density at radius 1 is 1.35 bits per heavy atom. The van der Waals surface area contributed by atoms with E-state index in [0.29, 0.717) is 12.2 Å². The monoisotopic (exact) mass is 284 g/mol. The van der Waals surface area contributed by atoms with E-state index >= 15 is 0 Å². The predicted molar refractivity (Wildman–Crippen MR) is 68.3 cm³/mol. The molecule has 2 heterocycles. The molecule has 1 N–H and O–H groups in total. The maximum Gasteiger partial charge on any atom is 0.416 e. The quantitative estimate of drug-likeness (QED) is 0.792. The first-order chi connectivity index (χ1) is 9.20. The van der Waals surface area contributed by atoms with Gasteiger partial charge >= 0.3 is 6.18 Å². The van der Waals surface area contributed by atoms with Crippen molar-refractivity contribution in [2.75, 3.05) is 11.9 Å². The Hall–Kier alpha value is -1.72. The highest BCUT2D eigenvalue weighted by Gasteiger charge is 2.46. The molecular formula is C14H15F3N2O. The topological polar surface area (TPSA) is 32.3 Å². The van der Waals surface area contributed by atoms with Crippen LogP contribution in [-0.4, -0.2) is 23.5 Å². The van der Waals surface area contributed by atoms with Crippen LogP contribution in [0.3, 0.4) is 0 Å². The summed E-state index contributed by atoms with van der Waals surface area (Å²) in [5.74, 6) is -0.319. The van der Waals surface area contributed by atoms with E-state index in [9.17, 15) is 18.0 Å². The summed E-state index contributed by atoms with van der Waals surface area (Å²) in [5, 5.41) is 3.20. The Morgan fingerprint density at radius 3 is 2.70 bits per heavy atom. The van der Waals surface area contributed by atoms with Gasteiger partial charge in [-0.05, 0) is 24.6 Å². The van der Waals surface area contributed by atoms with Crippen LogP contribution >= 0.6 is 0 Å². The van der Waals surface area contributed by atoms with Crippen LogP contribution in [0.2, 0.25) is 0 Å². The lowest BCUT2D eigenvalue weighted by Crippen LogP contribution is -2.49. The van der Waals surface area contributed by atoms with E-state index in [4.69, 9.17) is 0 Å². The zero-order valence-electron chi connectivity index (χ0n) is 11.2. The number of anilines is 1. The molecular weight excluding hydrogens is 269 g/mol. The third-order valence-electron chi connectivity index (χ3n) is 4.18. The molecule has 0 spiro atoms. The van der Waals surface area contributed by atoms with Crippen molar-refractivity contribution in [3.63, 3.8) is 0 Å². The summed E-state index contributed by atoms with van der Waals surface area (Å²) >= 11 is 0. The number of nitrogens with one attached hydrogen (secondary N) is 1. The molecule has 1 amide bonds. The summed E-state index contributed by atoms with van der Waals surface area (Å²) in [4.78, 5) is 14.0. The molecule has 1 unspecified atom stereocenters. The fraction of sp³-hybridized carbons (Fsp3) is 0.500. The van der Waals surface area contributed by atoms with Gasteiger partial charge in [0.25, 0.3) is 5.91 Å². The number of carbonyl (C=O) groups excluding carboxylic acids is 1. The summed E-state index contributed by atoms with van der Waals surface area (Å²) in [6.07, 6.45) is -3.76. The van der Waals surface area contributed by atoms with Crippen molar-refractivity contribution in [3.8, 4) is 0 Å². The zero-order valence-corrected chi connectivity index (χ0v) is 11.2. The Kier molecular flexibility index (Phi) is 2.59. The second kappa shape index (κ2) is 3.90. The fourth-order valence-electron chi connectivity index (χ4n) is 2.91. The number of fused-ring (bicyclic) bond motifs is 2. The van der Waals surface area contributed by atoms with Crippen LogP contribution in [0.15, 0.2) is 18.2 Å². The Balaban J connectivity index is 2.04. The minimum Gasteiger partial charge on any atom is -0.364 e. The third kappa shape index (κ3) is 1.85. The number of halogens is 3. The fourth-order valence-corrected chi connectivity index (χ4v) is 2.91. The molecule has 1 atom stereocenters. The first-order valence-corrected chi connectivity index (χ1v) is 6.49. The van der Waals surface area contributed by atoms with Gasteiger partial charge in [0.15, 0.2) is 0 Å². The van der Waals surface area contributed by atoms with E-state index in [-0.39, 0.29) is 23.1 Å². The molecule has 0 radical (unpaired) electrons. The molecule has 1 aromatic rings. The van der Waals surface area contributed by atoms with Crippen molar-refractivity contribution < 1.29 is 18.0 Å². The summed E-state index contributed by atoms with van der Waals surface area (Å²) in [7, 11) is 0. The summed E-state index contributed by atoms with van der Waals surface area (Å²) in [6.45, 7) is 4.67. The van der Waals surface area contributed by atoms with E-state index in [1.54, 1.807) is 4.90 Å². The normalized spacial score (nSPS) is 24.1. The highest BCUT2D eigenvalue weighted by atomic mass is 19.4. The van der Waals surface area contributed by atoms with Gasteiger partial charge in [0.2, 0.25) is 0 Å². The van der Waals surface area contributed by atoms with Crippen molar-refractivity contribution in [2.24, 2.45) is 5.41 Å². The minimum atomic E-state index is -4.43. The van der Waals surface area contributed by atoms with Gasteiger partial charge < -0.3 is 10.2 Å². The SMILES string of the molecule is CC1(C)CCN2C(=O)c3cc(C(F)(F)F)ccc3NC21. The Labute approximate surface area is 114 Å². The van der Waals surface area contributed by atoms with Crippen molar-refractivity contribution in [3.05, 3.63) is 29.3 Å². The van der Waals surface area contributed by atoms with Crippen LogP contribution in [-0.2, 0) is 6.18 Å². The van der Waals surface area contributed by atoms with E-state index in [2.05, 4.69) is 5.32 Å². The third-order valence-corrected chi connectivity index (χ3v) is 4.18. The van der Waals surface area contributed by atoms with Crippen LogP contribution in [0.4, 0.5) is 18.9 Å². The van der Waals surface area contributed by atoms with Gasteiger partial charge in [0, 0.05) is 17.6 Å². The predicted octanol–water partition coefficient (Wildman–Crippen LogP) is 3.33. The molecule has 20 heavy (non-hydrogen) atoms. The van der Waals surface area contributed by atoms with Crippen molar-refractivity contribution >= 4 is 11.6 Å². The first-order valence-electron chi connectivity index (χ1n) is 6.49. The lowest BCUT2D eigenvalue weighted by Gasteiger charge is -2.38. The zero-order chi connectivity index (χ0) is 14.7. The summed E-state index contributed by atoms with van der Waals surface area (Å²) in [5.41, 5.74) is -0.285. The molecule has 108 valence electrons. The maximum atomic E-state index is 12.7. The first kappa shape index (κ1) is 13.3. The highest BCUT2D eigenvalue weighted by molar-refractivity contribution is 6.02. The van der Waals surface area contributed by atoms with E-state index in [1.165, 1.54) is 6.07 Å². The van der Waals surface area contributed by atoms with E-state index in [0.717, 1.165) is 18.6 Å². The average molecular weight is 284 g/mol. The largest absolute Gasteiger partial charge is 0.416 e. The number of hydrogen-bond acceptors (Lipinski definition) is 2. The average Bonchev–Trinajstić information content (AvgIpc) is 2.64. The van der Waals surface area contributed by atoms with Gasteiger partial charge in [-0.3, -0.25) is 4.79 Å². The Bertz CT molecular complexity index is 580. The minimum absolute atomic E-state index is 0.0873. The maximum absolute atomic E-state index is 12.7. The van der Waals surface area contributed by atoms with Gasteiger partial charge in [0.1, 0.15) is 6.17 Å². The van der Waals surface area contributed by atoms with Gasteiger partial charge in [-0.1, -0.05) is 13.8 Å². The summed E-state index contributed by atoms with van der Waals surface area (Å²) < 4.78 is 38.2. The number of carbonyl (C=O) groups is 1. The van der Waals surface area contributed by atoms with Gasteiger partial charge in [0.05, 0.1) is 11.1 Å². The lowest BCUT2D eigenvalue weighted by molar-refractivity contribution is -0.137. The number of hydrogen-bond donors (Lipinski definition) is 1. The van der Waals surface area contributed by atoms with Crippen LogP contribution in [0, 0.1) is 5.41 Å². The van der Waals surface area contributed by atoms with E-state index in [1.807, 2.05) is 13.8 Å². The molecule has 2 aliphatic rings. The Morgan fingerprint density at radius 2 is 2.05 bits per heavy atom.